The predicted molar refractivity (Wildman–Crippen MR) is 112 cm³/mol. The SMILES string of the molecule is CCN1C(=O)c2cccc3c(NC(=O)/C=C\c4ccc([N+](=O)[O-])cc4)ccc1c23. The Morgan fingerprint density at radius 2 is 1.90 bits per heavy atom. The lowest BCUT2D eigenvalue weighted by atomic mass is 10.0. The third-order valence-corrected chi connectivity index (χ3v) is 4.89. The number of nitro groups is 1. The van der Waals surface area contributed by atoms with Gasteiger partial charge in [0.25, 0.3) is 11.6 Å². The number of hydrogen-bond acceptors (Lipinski definition) is 4. The number of anilines is 2. The molecular formula is C22H17N3O4. The molecule has 3 aromatic rings. The van der Waals surface area contributed by atoms with Crippen LogP contribution in [0.5, 0.6) is 0 Å². The summed E-state index contributed by atoms with van der Waals surface area (Å²) in [6.07, 6.45) is 2.95. The minimum atomic E-state index is -0.472. The molecule has 0 aromatic heterocycles. The number of nitro benzene ring substituents is 1. The average Bonchev–Trinajstić information content (AvgIpc) is 3.01. The Balaban J connectivity index is 1.59. The third-order valence-electron chi connectivity index (χ3n) is 4.89. The molecule has 7 nitrogen and oxygen atoms in total. The first-order valence-corrected chi connectivity index (χ1v) is 9.10. The lowest BCUT2D eigenvalue weighted by molar-refractivity contribution is -0.384. The molecule has 0 radical (unpaired) electrons. The summed E-state index contributed by atoms with van der Waals surface area (Å²) in [6.45, 7) is 2.50. The van der Waals surface area contributed by atoms with Crippen LogP contribution in [0.4, 0.5) is 17.1 Å². The molecule has 2 amide bonds. The first kappa shape index (κ1) is 18.4. The zero-order chi connectivity index (χ0) is 20.5. The molecule has 0 saturated carbocycles. The van der Waals surface area contributed by atoms with Crippen LogP contribution in [0, 0.1) is 10.1 Å². The van der Waals surface area contributed by atoms with Crippen LogP contribution < -0.4 is 10.2 Å². The first-order valence-electron chi connectivity index (χ1n) is 9.10. The van der Waals surface area contributed by atoms with Gasteiger partial charge in [-0.3, -0.25) is 19.7 Å². The molecule has 29 heavy (non-hydrogen) atoms. The number of nitrogens with zero attached hydrogens (tertiary/aromatic N) is 2. The summed E-state index contributed by atoms with van der Waals surface area (Å²) in [7, 11) is 0. The highest BCUT2D eigenvalue weighted by Crippen LogP contribution is 2.40. The van der Waals surface area contributed by atoms with Crippen LogP contribution in [-0.2, 0) is 4.79 Å². The molecule has 3 aromatic carbocycles. The third kappa shape index (κ3) is 3.23. The van der Waals surface area contributed by atoms with Crippen LogP contribution in [0.3, 0.4) is 0 Å². The molecular weight excluding hydrogens is 370 g/mol. The summed E-state index contributed by atoms with van der Waals surface area (Å²) in [5.41, 5.74) is 2.78. The van der Waals surface area contributed by atoms with E-state index in [2.05, 4.69) is 5.32 Å². The van der Waals surface area contributed by atoms with Gasteiger partial charge < -0.3 is 10.2 Å². The van der Waals surface area contributed by atoms with E-state index in [0.717, 1.165) is 16.5 Å². The van der Waals surface area contributed by atoms with Crippen molar-refractivity contribution in [3.05, 3.63) is 81.9 Å². The molecule has 7 heteroatoms. The van der Waals surface area contributed by atoms with E-state index in [1.807, 2.05) is 19.1 Å². The van der Waals surface area contributed by atoms with Gasteiger partial charge in [0.2, 0.25) is 5.91 Å². The van der Waals surface area contributed by atoms with Crippen molar-refractivity contribution in [2.45, 2.75) is 6.92 Å². The quantitative estimate of drug-likeness (QED) is 0.399. The normalized spacial score (nSPS) is 12.7. The lowest BCUT2D eigenvalue weighted by Crippen LogP contribution is -2.25. The largest absolute Gasteiger partial charge is 0.322 e. The van der Waals surface area contributed by atoms with Gasteiger partial charge in [0.1, 0.15) is 0 Å². The summed E-state index contributed by atoms with van der Waals surface area (Å²) in [5, 5.41) is 15.2. The summed E-state index contributed by atoms with van der Waals surface area (Å²) in [5.74, 6) is -0.365. The number of non-ortho nitro benzene ring substituents is 1. The molecule has 0 saturated heterocycles. The molecule has 1 aliphatic rings. The number of rotatable bonds is 5. The summed E-state index contributed by atoms with van der Waals surface area (Å²) < 4.78 is 0. The van der Waals surface area contributed by atoms with Crippen molar-refractivity contribution in [3.8, 4) is 0 Å². The van der Waals surface area contributed by atoms with E-state index in [9.17, 15) is 19.7 Å². The highest BCUT2D eigenvalue weighted by Gasteiger charge is 2.29. The maximum absolute atomic E-state index is 12.6. The van der Waals surface area contributed by atoms with Crippen molar-refractivity contribution < 1.29 is 14.5 Å². The number of carbonyl (C=O) groups excluding carboxylic acids is 2. The summed E-state index contributed by atoms with van der Waals surface area (Å²) in [6, 6.07) is 15.0. The van der Waals surface area contributed by atoms with E-state index in [1.165, 1.54) is 18.2 Å². The fourth-order valence-corrected chi connectivity index (χ4v) is 3.52. The molecule has 0 spiro atoms. The Bertz CT molecular complexity index is 1180. The van der Waals surface area contributed by atoms with Gasteiger partial charge in [-0.05, 0) is 48.9 Å². The second-order valence-corrected chi connectivity index (χ2v) is 6.58. The molecule has 144 valence electrons. The van der Waals surface area contributed by atoms with E-state index < -0.39 is 4.92 Å². The van der Waals surface area contributed by atoms with Crippen LogP contribution >= 0.6 is 0 Å². The van der Waals surface area contributed by atoms with Gasteiger partial charge in [-0.25, -0.2) is 0 Å². The second kappa shape index (κ2) is 7.20. The molecule has 0 bridgehead atoms. The van der Waals surface area contributed by atoms with Gasteiger partial charge in [-0.2, -0.15) is 0 Å². The van der Waals surface area contributed by atoms with E-state index in [1.54, 1.807) is 41.3 Å². The molecule has 0 aliphatic carbocycles. The van der Waals surface area contributed by atoms with E-state index in [0.29, 0.717) is 23.4 Å². The number of nitrogens with one attached hydrogen (secondary N) is 1. The van der Waals surface area contributed by atoms with Gasteiger partial charge in [0, 0.05) is 46.8 Å². The maximum atomic E-state index is 12.6. The zero-order valence-electron chi connectivity index (χ0n) is 15.6. The number of benzene rings is 3. The van der Waals surface area contributed by atoms with Crippen LogP contribution in [-0.4, -0.2) is 23.3 Å². The fourth-order valence-electron chi connectivity index (χ4n) is 3.52. The zero-order valence-corrected chi connectivity index (χ0v) is 15.6. The van der Waals surface area contributed by atoms with E-state index in [4.69, 9.17) is 0 Å². The van der Waals surface area contributed by atoms with Crippen molar-refractivity contribution in [2.75, 3.05) is 16.8 Å². The minimum absolute atomic E-state index is 0.00448. The fraction of sp³-hybridized carbons (Fsp3) is 0.0909. The summed E-state index contributed by atoms with van der Waals surface area (Å²) >= 11 is 0. The second-order valence-electron chi connectivity index (χ2n) is 6.58. The Hall–Kier alpha value is -4.00. The van der Waals surface area contributed by atoms with Crippen molar-refractivity contribution in [1.82, 2.24) is 0 Å². The molecule has 1 aliphatic heterocycles. The molecule has 1 N–H and O–H groups in total. The molecule has 0 atom stereocenters. The van der Waals surface area contributed by atoms with Crippen molar-refractivity contribution in [3.63, 3.8) is 0 Å². The Kier molecular flexibility index (Phi) is 4.56. The van der Waals surface area contributed by atoms with Gasteiger partial charge in [-0.1, -0.05) is 12.1 Å². The topological polar surface area (TPSA) is 92.6 Å². The van der Waals surface area contributed by atoms with Crippen molar-refractivity contribution >= 4 is 45.7 Å². The molecule has 0 fully saturated rings. The highest BCUT2D eigenvalue weighted by molar-refractivity contribution is 6.27. The monoisotopic (exact) mass is 387 g/mol. The van der Waals surface area contributed by atoms with Gasteiger partial charge >= 0.3 is 0 Å². The van der Waals surface area contributed by atoms with Crippen LogP contribution in [0.2, 0.25) is 0 Å². The van der Waals surface area contributed by atoms with Gasteiger partial charge in [-0.15, -0.1) is 0 Å². The maximum Gasteiger partial charge on any atom is 0.269 e. The first-order chi connectivity index (χ1) is 14.0. The number of carbonyl (C=O) groups is 2. The molecule has 0 unspecified atom stereocenters. The van der Waals surface area contributed by atoms with Crippen molar-refractivity contribution in [1.29, 1.82) is 0 Å². The van der Waals surface area contributed by atoms with Gasteiger partial charge in [0.15, 0.2) is 0 Å². The van der Waals surface area contributed by atoms with Crippen molar-refractivity contribution in [2.24, 2.45) is 0 Å². The number of amides is 2. The lowest BCUT2D eigenvalue weighted by Gasteiger charge is -2.15. The van der Waals surface area contributed by atoms with Gasteiger partial charge in [0.05, 0.1) is 10.6 Å². The Labute approximate surface area is 166 Å². The molecule has 4 rings (SSSR count). The highest BCUT2D eigenvalue weighted by atomic mass is 16.6. The van der Waals surface area contributed by atoms with E-state index in [-0.39, 0.29) is 17.5 Å². The minimum Gasteiger partial charge on any atom is -0.322 e. The van der Waals surface area contributed by atoms with E-state index >= 15 is 0 Å². The Morgan fingerprint density at radius 1 is 1.14 bits per heavy atom. The number of hydrogen-bond donors (Lipinski definition) is 1. The standard InChI is InChI=1S/C22H17N3O4/c1-2-24-19-12-11-18(16-4-3-5-17(21(16)19)22(24)27)23-20(26)13-8-14-6-9-15(10-7-14)25(28)29/h3-13H,2H2,1H3,(H,23,26)/b13-8-. The van der Waals surface area contributed by atoms with Crippen LogP contribution in [0.15, 0.2) is 60.7 Å². The summed E-state index contributed by atoms with van der Waals surface area (Å²) in [4.78, 5) is 36.9. The average molecular weight is 387 g/mol. The molecule has 1 heterocycles. The van der Waals surface area contributed by atoms with Crippen LogP contribution in [0.25, 0.3) is 16.8 Å². The smallest absolute Gasteiger partial charge is 0.269 e. The van der Waals surface area contributed by atoms with Crippen LogP contribution in [0.1, 0.15) is 22.8 Å². The predicted octanol–water partition coefficient (Wildman–Crippen LogP) is 4.38. The Morgan fingerprint density at radius 3 is 2.59 bits per heavy atom.